The van der Waals surface area contributed by atoms with E-state index in [1.807, 2.05) is 0 Å². The van der Waals surface area contributed by atoms with Gasteiger partial charge in [0.1, 0.15) is 18.3 Å². The van der Waals surface area contributed by atoms with Gasteiger partial charge >= 0.3 is 10.4 Å². The van der Waals surface area contributed by atoms with Gasteiger partial charge in [-0.05, 0) is 18.8 Å². The summed E-state index contributed by atoms with van der Waals surface area (Å²) in [5.41, 5.74) is 0. The molecule has 0 radical (unpaired) electrons. The Bertz CT molecular complexity index is 483. The highest BCUT2D eigenvalue weighted by molar-refractivity contribution is 7.80. The van der Waals surface area contributed by atoms with Crippen LogP contribution in [0, 0.1) is 11.8 Å². The lowest BCUT2D eigenvalue weighted by Gasteiger charge is -2.30. The van der Waals surface area contributed by atoms with Crippen LogP contribution in [0.25, 0.3) is 0 Å². The Morgan fingerprint density at radius 3 is 2.12 bits per heavy atom. The minimum atomic E-state index is -5.09. The number of hydrogen-bond donors (Lipinski definition) is 8. The van der Waals surface area contributed by atoms with E-state index in [1.165, 1.54) is 0 Å². The molecule has 0 aromatic carbocycles. The molecule has 1 aliphatic carbocycles. The van der Waals surface area contributed by atoms with Crippen LogP contribution in [-0.2, 0) is 14.6 Å². The van der Waals surface area contributed by atoms with Crippen molar-refractivity contribution < 1.29 is 52.9 Å². The zero-order chi connectivity index (χ0) is 18.7. The molecule has 24 heavy (non-hydrogen) atoms. The second-order valence-corrected chi connectivity index (χ2v) is 6.98. The topological polar surface area (TPSA) is 205 Å². The van der Waals surface area contributed by atoms with Crippen molar-refractivity contribution in [2.75, 3.05) is 13.2 Å². The molecule has 0 spiro atoms. The fraction of sp³-hybridized carbons (Fsp3) is 1.00. The number of rotatable bonds is 9. The summed E-state index contributed by atoms with van der Waals surface area (Å²) in [4.78, 5) is 0. The average Bonchev–Trinajstić information content (AvgIpc) is 2.76. The van der Waals surface area contributed by atoms with Crippen LogP contribution >= 0.6 is 0 Å². The van der Waals surface area contributed by atoms with E-state index in [-0.39, 0.29) is 12.8 Å². The Balaban J connectivity index is 2.89. The van der Waals surface area contributed by atoms with Gasteiger partial charge in [-0.2, -0.15) is 8.42 Å². The maximum atomic E-state index is 10.9. The highest BCUT2D eigenvalue weighted by Gasteiger charge is 2.44. The molecular formula is C12H24O11S. The van der Waals surface area contributed by atoms with Crippen molar-refractivity contribution in [1.82, 2.24) is 0 Å². The predicted octanol–water partition coefficient (Wildman–Crippen LogP) is -4.01. The first-order valence-corrected chi connectivity index (χ1v) is 8.66. The van der Waals surface area contributed by atoms with Crippen LogP contribution in [0.2, 0.25) is 0 Å². The highest BCUT2D eigenvalue weighted by atomic mass is 32.3. The first-order valence-electron chi connectivity index (χ1n) is 7.29. The van der Waals surface area contributed by atoms with Crippen LogP contribution in [0.5, 0.6) is 0 Å². The van der Waals surface area contributed by atoms with Crippen molar-refractivity contribution in [1.29, 1.82) is 0 Å². The van der Waals surface area contributed by atoms with Gasteiger partial charge in [0.2, 0.25) is 0 Å². The molecule has 0 amide bonds. The molecule has 0 bridgehead atoms. The molecule has 8 atom stereocenters. The van der Waals surface area contributed by atoms with Crippen LogP contribution in [-0.4, -0.2) is 98.6 Å². The van der Waals surface area contributed by atoms with Gasteiger partial charge in [0.15, 0.2) is 0 Å². The van der Waals surface area contributed by atoms with Crippen LogP contribution in [0.1, 0.15) is 12.8 Å². The van der Waals surface area contributed by atoms with Gasteiger partial charge in [0.05, 0.1) is 24.9 Å². The molecule has 1 fully saturated rings. The van der Waals surface area contributed by atoms with E-state index < -0.39 is 72.1 Å². The zero-order valence-corrected chi connectivity index (χ0v) is 13.5. The van der Waals surface area contributed by atoms with E-state index in [2.05, 4.69) is 4.18 Å². The average molecular weight is 376 g/mol. The Labute approximate surface area is 138 Å². The van der Waals surface area contributed by atoms with Crippen LogP contribution in [0.4, 0.5) is 0 Å². The molecule has 1 rings (SSSR count). The molecule has 0 unspecified atom stereocenters. The van der Waals surface area contributed by atoms with E-state index >= 15 is 0 Å². The molecule has 11 nitrogen and oxygen atoms in total. The zero-order valence-electron chi connectivity index (χ0n) is 12.7. The van der Waals surface area contributed by atoms with Crippen molar-refractivity contribution in [2.45, 2.75) is 49.5 Å². The Hall–Kier alpha value is -0.410. The van der Waals surface area contributed by atoms with E-state index in [4.69, 9.17) is 9.66 Å². The second kappa shape index (κ2) is 8.80. The fourth-order valence-electron chi connectivity index (χ4n) is 2.98. The number of aliphatic hydroxyl groups excluding tert-OH is 7. The van der Waals surface area contributed by atoms with Gasteiger partial charge in [-0.1, -0.05) is 0 Å². The molecule has 0 aromatic heterocycles. The SMILES string of the molecule is O=S(=O)(O)O[C@@H]([C@H](O)[C@H](O)CO)[C@H](O)C[C@@H]1C[C@@H](O)[C@H](O)[C@H]1CO. The summed E-state index contributed by atoms with van der Waals surface area (Å²) in [6.07, 6.45) is -10.3. The lowest BCUT2D eigenvalue weighted by Crippen LogP contribution is -2.49. The van der Waals surface area contributed by atoms with Crippen molar-refractivity contribution in [2.24, 2.45) is 11.8 Å². The quantitative estimate of drug-likeness (QED) is 0.182. The van der Waals surface area contributed by atoms with Gasteiger partial charge in [0, 0.05) is 12.5 Å². The van der Waals surface area contributed by atoms with E-state index in [1.54, 1.807) is 0 Å². The van der Waals surface area contributed by atoms with Crippen molar-refractivity contribution in [3.8, 4) is 0 Å². The Morgan fingerprint density at radius 2 is 1.67 bits per heavy atom. The largest absolute Gasteiger partial charge is 0.397 e. The first-order chi connectivity index (χ1) is 11.0. The summed E-state index contributed by atoms with van der Waals surface area (Å²) in [6, 6.07) is 0. The summed E-state index contributed by atoms with van der Waals surface area (Å²) in [5, 5.41) is 66.7. The lowest BCUT2D eigenvalue weighted by atomic mass is 9.87. The van der Waals surface area contributed by atoms with Gasteiger partial charge in [-0.25, -0.2) is 4.18 Å². The summed E-state index contributed by atoms with van der Waals surface area (Å²) in [5.74, 6) is -1.43. The lowest BCUT2D eigenvalue weighted by molar-refractivity contribution is -0.110. The number of aliphatic hydroxyl groups is 7. The third-order valence-electron chi connectivity index (χ3n) is 4.27. The third kappa shape index (κ3) is 5.56. The minimum absolute atomic E-state index is 0.000692. The standard InChI is InChI=1S/C12H24O11S/c13-3-6-5(1-7(15)10(6)18)2-8(16)12(23-24(20,21)22)11(19)9(17)4-14/h5-19H,1-4H2,(H,20,21,22)/t5-,6-,7+,8+,9+,10+,11+,12+/m0/s1. The van der Waals surface area contributed by atoms with Gasteiger partial charge in [-0.15, -0.1) is 0 Å². The molecule has 0 saturated heterocycles. The van der Waals surface area contributed by atoms with Crippen molar-refractivity contribution in [3.05, 3.63) is 0 Å². The smallest absolute Gasteiger partial charge is 0.396 e. The molecule has 8 N–H and O–H groups in total. The molecule has 12 heteroatoms. The molecule has 0 aliphatic heterocycles. The van der Waals surface area contributed by atoms with Gasteiger partial charge in [-0.3, -0.25) is 4.55 Å². The maximum Gasteiger partial charge on any atom is 0.397 e. The third-order valence-corrected chi connectivity index (χ3v) is 4.73. The molecule has 0 heterocycles. The summed E-state index contributed by atoms with van der Waals surface area (Å²) in [6.45, 7) is -1.46. The van der Waals surface area contributed by atoms with Gasteiger partial charge < -0.3 is 35.7 Å². The van der Waals surface area contributed by atoms with Crippen LogP contribution in [0.3, 0.4) is 0 Å². The monoisotopic (exact) mass is 376 g/mol. The Kier molecular flexibility index (Phi) is 7.93. The van der Waals surface area contributed by atoms with Gasteiger partial charge in [0.25, 0.3) is 0 Å². The maximum absolute atomic E-state index is 10.9. The highest BCUT2D eigenvalue weighted by Crippen LogP contribution is 2.36. The summed E-state index contributed by atoms with van der Waals surface area (Å²) < 4.78 is 34.7. The first kappa shape index (κ1) is 21.6. The van der Waals surface area contributed by atoms with Crippen molar-refractivity contribution in [3.63, 3.8) is 0 Å². The second-order valence-electron chi connectivity index (χ2n) is 5.93. The van der Waals surface area contributed by atoms with E-state index in [0.29, 0.717) is 0 Å². The van der Waals surface area contributed by atoms with Crippen LogP contribution in [0.15, 0.2) is 0 Å². The fourth-order valence-corrected chi connectivity index (χ4v) is 3.50. The van der Waals surface area contributed by atoms with Crippen molar-refractivity contribution >= 4 is 10.4 Å². The molecule has 0 aromatic rings. The summed E-state index contributed by atoms with van der Waals surface area (Å²) in [7, 11) is -5.09. The summed E-state index contributed by atoms with van der Waals surface area (Å²) >= 11 is 0. The normalized spacial score (nSPS) is 33.2. The predicted molar refractivity (Wildman–Crippen MR) is 76.8 cm³/mol. The molecule has 1 saturated carbocycles. The van der Waals surface area contributed by atoms with Crippen LogP contribution < -0.4 is 0 Å². The number of hydrogen-bond acceptors (Lipinski definition) is 10. The van der Waals surface area contributed by atoms with E-state index in [9.17, 15) is 39.1 Å². The molecule has 1 aliphatic rings. The molecule has 144 valence electrons. The minimum Gasteiger partial charge on any atom is -0.396 e. The molecular weight excluding hydrogens is 352 g/mol. The Morgan fingerprint density at radius 1 is 1.08 bits per heavy atom. The van der Waals surface area contributed by atoms with E-state index in [0.717, 1.165) is 0 Å².